The second kappa shape index (κ2) is 7.19. The zero-order valence-electron chi connectivity index (χ0n) is 8.71. The Morgan fingerprint density at radius 2 is 1.69 bits per heavy atom. The zero-order valence-corrected chi connectivity index (χ0v) is 8.71. The number of rotatable bonds is 2. The van der Waals surface area contributed by atoms with Crippen molar-refractivity contribution in [3.8, 4) is 0 Å². The van der Waals surface area contributed by atoms with Gasteiger partial charge in [0, 0.05) is 5.57 Å². The lowest BCUT2D eigenvalue weighted by molar-refractivity contribution is -0.182. The van der Waals surface area contributed by atoms with Gasteiger partial charge in [0.15, 0.2) is 0 Å². The molecular formula is C11H12O5. The van der Waals surface area contributed by atoms with Crippen molar-refractivity contribution in [2.24, 2.45) is 0 Å². The maximum absolute atomic E-state index is 10.5. The number of carbonyl (C=O) groups is 2. The van der Waals surface area contributed by atoms with Crippen LogP contribution in [0.1, 0.15) is 17.3 Å². The van der Waals surface area contributed by atoms with Crippen molar-refractivity contribution in [2.45, 2.75) is 6.92 Å². The number of carbonyl (C=O) groups excluding carboxylic acids is 1. The van der Waals surface area contributed by atoms with Crippen molar-refractivity contribution in [1.82, 2.24) is 0 Å². The van der Waals surface area contributed by atoms with Crippen molar-refractivity contribution in [1.29, 1.82) is 0 Å². The summed E-state index contributed by atoms with van der Waals surface area (Å²) in [5.41, 5.74) is 0.514. The van der Waals surface area contributed by atoms with E-state index in [1.54, 1.807) is 30.3 Å². The summed E-state index contributed by atoms with van der Waals surface area (Å²) < 4.78 is 0. The molecule has 86 valence electrons. The molecule has 0 unspecified atom stereocenters. The van der Waals surface area contributed by atoms with Crippen LogP contribution in [0.3, 0.4) is 0 Å². The minimum atomic E-state index is -0.935. The van der Waals surface area contributed by atoms with Crippen LogP contribution in [0, 0.1) is 0 Å². The Labute approximate surface area is 92.5 Å². The topological polar surface area (TPSA) is 83.8 Å². The van der Waals surface area contributed by atoms with Crippen molar-refractivity contribution in [3.05, 3.63) is 48.0 Å². The van der Waals surface area contributed by atoms with Gasteiger partial charge in [0.25, 0.3) is 0 Å². The Morgan fingerprint density at radius 1 is 1.25 bits per heavy atom. The van der Waals surface area contributed by atoms with E-state index < -0.39 is 11.9 Å². The van der Waals surface area contributed by atoms with Crippen LogP contribution in [0.2, 0.25) is 0 Å². The third-order valence-electron chi connectivity index (χ3n) is 1.46. The van der Waals surface area contributed by atoms with Crippen LogP contribution in [0.5, 0.6) is 0 Å². The van der Waals surface area contributed by atoms with Gasteiger partial charge < -0.3 is 5.11 Å². The van der Waals surface area contributed by atoms with E-state index in [9.17, 15) is 9.59 Å². The van der Waals surface area contributed by atoms with Gasteiger partial charge in [-0.2, -0.15) is 5.26 Å². The molecule has 1 aromatic rings. The van der Waals surface area contributed by atoms with E-state index in [4.69, 9.17) is 10.4 Å². The first kappa shape index (κ1) is 13.9. The molecule has 0 aromatic heterocycles. The Balaban J connectivity index is 0.000000325. The quantitative estimate of drug-likeness (QED) is 0.455. The van der Waals surface area contributed by atoms with E-state index >= 15 is 0 Å². The largest absolute Gasteiger partial charge is 0.478 e. The number of hydrogen-bond donors (Lipinski definition) is 2. The Kier molecular flexibility index (Phi) is 6.23. The molecule has 0 amide bonds. The molecule has 1 aromatic carbocycles. The van der Waals surface area contributed by atoms with Crippen molar-refractivity contribution < 1.29 is 24.8 Å². The first-order valence-electron chi connectivity index (χ1n) is 4.28. The molecule has 0 saturated heterocycles. The van der Waals surface area contributed by atoms with Crippen LogP contribution in [-0.2, 0) is 9.68 Å². The molecule has 0 aliphatic heterocycles. The van der Waals surface area contributed by atoms with E-state index in [0.29, 0.717) is 5.56 Å². The molecule has 0 aliphatic rings. The van der Waals surface area contributed by atoms with Crippen LogP contribution in [0.15, 0.2) is 42.5 Å². The zero-order chi connectivity index (χ0) is 12.6. The summed E-state index contributed by atoms with van der Waals surface area (Å²) in [7, 11) is 0. The number of hydrogen-bond acceptors (Lipinski definition) is 4. The van der Waals surface area contributed by atoms with Crippen LogP contribution in [-0.4, -0.2) is 22.3 Å². The predicted molar refractivity (Wildman–Crippen MR) is 56.9 cm³/mol. The SMILES string of the molecule is C=C(C)C(=O)O.O=C(OO)c1ccccc1. The van der Waals surface area contributed by atoms with Gasteiger partial charge in [-0.25, -0.2) is 9.59 Å². The molecule has 0 spiro atoms. The third-order valence-corrected chi connectivity index (χ3v) is 1.46. The van der Waals surface area contributed by atoms with Gasteiger partial charge in [0.05, 0.1) is 5.56 Å². The highest BCUT2D eigenvalue weighted by molar-refractivity contribution is 5.88. The number of carboxylic acids is 1. The second-order valence-corrected chi connectivity index (χ2v) is 2.83. The van der Waals surface area contributed by atoms with Crippen molar-refractivity contribution >= 4 is 11.9 Å². The van der Waals surface area contributed by atoms with E-state index in [0.717, 1.165) is 0 Å². The molecule has 0 aliphatic carbocycles. The third kappa shape index (κ3) is 5.56. The summed E-state index contributed by atoms with van der Waals surface area (Å²) in [6.07, 6.45) is 0. The van der Waals surface area contributed by atoms with E-state index in [-0.39, 0.29) is 5.57 Å². The van der Waals surface area contributed by atoms with E-state index in [1.807, 2.05) is 0 Å². The summed E-state index contributed by atoms with van der Waals surface area (Å²) in [6, 6.07) is 8.25. The van der Waals surface area contributed by atoms with Gasteiger partial charge in [0.2, 0.25) is 0 Å². The molecule has 0 atom stereocenters. The lowest BCUT2D eigenvalue weighted by Crippen LogP contribution is -2.00. The predicted octanol–water partition coefficient (Wildman–Crippen LogP) is 1.96. The van der Waals surface area contributed by atoms with E-state index in [1.165, 1.54) is 6.92 Å². The molecule has 0 bridgehead atoms. The fraction of sp³-hybridized carbons (Fsp3) is 0.0909. The van der Waals surface area contributed by atoms with Gasteiger partial charge in [-0.15, -0.1) is 0 Å². The normalized spacial score (nSPS) is 8.38. The standard InChI is InChI=1S/C7H6O3.C4H6O2/c8-7(10-9)6-4-2-1-3-5-6;1-3(2)4(5)6/h1-5,9H;1H2,2H3,(H,5,6). The first-order chi connectivity index (χ1) is 7.49. The van der Waals surface area contributed by atoms with Gasteiger partial charge in [0.1, 0.15) is 0 Å². The van der Waals surface area contributed by atoms with Crippen LogP contribution < -0.4 is 0 Å². The maximum Gasteiger partial charge on any atom is 0.372 e. The highest BCUT2D eigenvalue weighted by atomic mass is 17.1. The molecule has 0 heterocycles. The smallest absolute Gasteiger partial charge is 0.372 e. The number of carboxylic acid groups (broad SMARTS) is 1. The van der Waals surface area contributed by atoms with Gasteiger partial charge in [-0.05, 0) is 19.1 Å². The minimum Gasteiger partial charge on any atom is -0.478 e. The molecule has 1 rings (SSSR count). The lowest BCUT2D eigenvalue weighted by atomic mass is 10.2. The maximum atomic E-state index is 10.5. The lowest BCUT2D eigenvalue weighted by Gasteiger charge is -1.92. The molecule has 0 radical (unpaired) electrons. The summed E-state index contributed by atoms with van der Waals surface area (Å²) in [5.74, 6) is -1.67. The summed E-state index contributed by atoms with van der Waals surface area (Å²) in [4.78, 5) is 23.6. The number of benzene rings is 1. The van der Waals surface area contributed by atoms with Crippen LogP contribution in [0.25, 0.3) is 0 Å². The second-order valence-electron chi connectivity index (χ2n) is 2.83. The van der Waals surface area contributed by atoms with Crippen molar-refractivity contribution in [2.75, 3.05) is 0 Å². The Morgan fingerprint density at radius 3 is 2.00 bits per heavy atom. The highest BCUT2D eigenvalue weighted by Crippen LogP contribution is 1.98. The number of aliphatic carboxylic acids is 1. The van der Waals surface area contributed by atoms with Gasteiger partial charge in [-0.1, -0.05) is 24.8 Å². The fourth-order valence-electron chi connectivity index (χ4n) is 0.627. The summed E-state index contributed by atoms with van der Waals surface area (Å²) >= 11 is 0. The summed E-state index contributed by atoms with van der Waals surface area (Å²) in [5, 5.41) is 15.8. The molecule has 0 fully saturated rings. The monoisotopic (exact) mass is 224 g/mol. The van der Waals surface area contributed by atoms with E-state index in [2.05, 4.69) is 11.5 Å². The highest BCUT2D eigenvalue weighted by Gasteiger charge is 2.02. The summed E-state index contributed by atoms with van der Waals surface area (Å²) in [6.45, 7) is 4.60. The molecule has 5 heteroatoms. The Bertz CT molecular complexity index is 357. The van der Waals surface area contributed by atoms with Crippen LogP contribution >= 0.6 is 0 Å². The van der Waals surface area contributed by atoms with Gasteiger partial charge >= 0.3 is 11.9 Å². The molecule has 16 heavy (non-hydrogen) atoms. The molecular weight excluding hydrogens is 212 g/mol. The van der Waals surface area contributed by atoms with Crippen LogP contribution in [0.4, 0.5) is 0 Å². The molecule has 2 N–H and O–H groups in total. The Hall–Kier alpha value is -2.14. The molecule has 5 nitrogen and oxygen atoms in total. The fourth-order valence-corrected chi connectivity index (χ4v) is 0.627. The average molecular weight is 224 g/mol. The average Bonchev–Trinajstić information content (AvgIpc) is 2.30. The minimum absolute atomic E-state index is 0.176. The molecule has 0 saturated carbocycles. The van der Waals surface area contributed by atoms with Gasteiger partial charge in [-0.3, -0.25) is 4.89 Å². The first-order valence-corrected chi connectivity index (χ1v) is 4.28. The van der Waals surface area contributed by atoms with Crippen molar-refractivity contribution in [3.63, 3.8) is 0 Å².